The molecular formula is C19H21F2N3O5. The van der Waals surface area contributed by atoms with Crippen molar-refractivity contribution in [2.24, 2.45) is 17.6 Å². The molecule has 0 bridgehead atoms. The molecule has 4 unspecified atom stereocenters. The molecule has 0 aromatic heterocycles. The SMILES string of the molecule is CC(O)(C(F)F)C(NC(=O)c1ccc(C#CC2CC2CC(N)=O)cc1)C(=O)NO. The van der Waals surface area contributed by atoms with Crippen LogP contribution in [0.25, 0.3) is 0 Å². The van der Waals surface area contributed by atoms with Gasteiger partial charge in [0.1, 0.15) is 6.04 Å². The van der Waals surface area contributed by atoms with Crippen molar-refractivity contribution >= 4 is 17.7 Å². The normalized spacial score (nSPS) is 20.6. The summed E-state index contributed by atoms with van der Waals surface area (Å²) in [6.45, 7) is 0.667. The summed E-state index contributed by atoms with van der Waals surface area (Å²) in [5, 5.41) is 20.5. The minimum atomic E-state index is -3.36. The Bertz CT molecular complexity index is 846. The lowest BCUT2D eigenvalue weighted by Gasteiger charge is -2.30. The first-order chi connectivity index (χ1) is 13.6. The van der Waals surface area contributed by atoms with Crippen molar-refractivity contribution in [3.63, 3.8) is 0 Å². The van der Waals surface area contributed by atoms with Crippen molar-refractivity contribution in [3.05, 3.63) is 35.4 Å². The number of nitrogens with one attached hydrogen (secondary N) is 2. The number of alkyl halides is 2. The number of nitrogens with two attached hydrogens (primary N) is 1. The van der Waals surface area contributed by atoms with Crippen molar-refractivity contribution in [1.82, 2.24) is 10.8 Å². The predicted octanol–water partition coefficient (Wildman–Crippen LogP) is 0.170. The molecule has 29 heavy (non-hydrogen) atoms. The number of amides is 3. The molecule has 0 saturated heterocycles. The number of benzene rings is 1. The number of carbonyl (C=O) groups excluding carboxylic acids is 3. The van der Waals surface area contributed by atoms with Gasteiger partial charge in [0.2, 0.25) is 5.91 Å². The van der Waals surface area contributed by atoms with Crippen LogP contribution >= 0.6 is 0 Å². The maximum atomic E-state index is 13.0. The van der Waals surface area contributed by atoms with Gasteiger partial charge >= 0.3 is 0 Å². The van der Waals surface area contributed by atoms with Crippen LogP contribution in [0.4, 0.5) is 8.78 Å². The van der Waals surface area contributed by atoms with Crippen molar-refractivity contribution in [1.29, 1.82) is 0 Å². The number of hydroxylamine groups is 1. The Morgan fingerprint density at radius 2 is 1.93 bits per heavy atom. The molecule has 1 fully saturated rings. The van der Waals surface area contributed by atoms with Gasteiger partial charge in [-0.1, -0.05) is 11.8 Å². The topological polar surface area (TPSA) is 142 Å². The number of hydrogen-bond donors (Lipinski definition) is 5. The van der Waals surface area contributed by atoms with Crippen LogP contribution in [0.1, 0.15) is 35.7 Å². The number of hydrogen-bond acceptors (Lipinski definition) is 5. The molecular weight excluding hydrogens is 388 g/mol. The third-order valence-corrected chi connectivity index (χ3v) is 4.61. The summed E-state index contributed by atoms with van der Waals surface area (Å²) in [5.74, 6) is 3.53. The van der Waals surface area contributed by atoms with E-state index in [4.69, 9.17) is 10.9 Å². The second kappa shape index (κ2) is 8.98. The third-order valence-electron chi connectivity index (χ3n) is 4.61. The van der Waals surface area contributed by atoms with E-state index in [1.165, 1.54) is 24.3 Å². The summed E-state index contributed by atoms with van der Waals surface area (Å²) in [6.07, 6.45) is -2.26. The second-order valence-electron chi connectivity index (χ2n) is 7.03. The molecule has 156 valence electrons. The maximum Gasteiger partial charge on any atom is 0.269 e. The Morgan fingerprint density at radius 1 is 1.31 bits per heavy atom. The quantitative estimate of drug-likeness (QED) is 0.248. The van der Waals surface area contributed by atoms with Gasteiger partial charge in [-0.05, 0) is 43.5 Å². The van der Waals surface area contributed by atoms with Gasteiger partial charge in [-0.2, -0.15) is 0 Å². The Balaban J connectivity index is 2.04. The van der Waals surface area contributed by atoms with E-state index in [0.717, 1.165) is 11.9 Å². The first kappa shape index (κ1) is 22.3. The third kappa shape index (κ3) is 5.73. The van der Waals surface area contributed by atoms with Crippen LogP contribution in [0.5, 0.6) is 0 Å². The second-order valence-corrected chi connectivity index (χ2v) is 7.03. The van der Waals surface area contributed by atoms with Crippen LogP contribution < -0.4 is 16.5 Å². The van der Waals surface area contributed by atoms with E-state index < -0.39 is 29.9 Å². The highest BCUT2D eigenvalue weighted by atomic mass is 19.3. The molecule has 4 atom stereocenters. The van der Waals surface area contributed by atoms with Crippen molar-refractivity contribution in [2.45, 2.75) is 37.8 Å². The molecule has 2 rings (SSSR count). The van der Waals surface area contributed by atoms with Gasteiger partial charge < -0.3 is 16.2 Å². The minimum Gasteiger partial charge on any atom is -0.381 e. The number of rotatable bonds is 7. The highest BCUT2D eigenvalue weighted by molar-refractivity contribution is 5.97. The zero-order valence-electron chi connectivity index (χ0n) is 15.5. The highest BCUT2D eigenvalue weighted by Crippen LogP contribution is 2.40. The van der Waals surface area contributed by atoms with E-state index in [0.29, 0.717) is 18.9 Å². The lowest BCUT2D eigenvalue weighted by atomic mass is 9.95. The molecule has 0 spiro atoms. The molecule has 10 heteroatoms. The standard InChI is InChI=1S/C19H21F2N3O5/c1-19(28,18(20)21)15(17(27)24-29)23-16(26)11-5-2-10(3-6-11)4-7-12-8-13(12)9-14(22)25/h2-3,5-6,12-13,15,18,28-29H,8-9H2,1H3,(H2,22,25)(H,23,26)(H,24,27). The molecule has 1 aromatic carbocycles. The average Bonchev–Trinajstić information content (AvgIpc) is 3.40. The lowest BCUT2D eigenvalue weighted by Crippen LogP contribution is -2.61. The molecule has 1 aliphatic rings. The zero-order chi connectivity index (χ0) is 21.8. The Morgan fingerprint density at radius 3 is 2.45 bits per heavy atom. The molecule has 1 aliphatic carbocycles. The molecule has 0 heterocycles. The van der Waals surface area contributed by atoms with E-state index in [1.807, 2.05) is 5.32 Å². The van der Waals surface area contributed by atoms with E-state index in [9.17, 15) is 28.3 Å². The summed E-state index contributed by atoms with van der Waals surface area (Å²) in [5.41, 5.74) is 4.00. The summed E-state index contributed by atoms with van der Waals surface area (Å²) >= 11 is 0. The molecule has 6 N–H and O–H groups in total. The summed E-state index contributed by atoms with van der Waals surface area (Å²) < 4.78 is 26.0. The maximum absolute atomic E-state index is 13.0. The number of carbonyl (C=O) groups is 3. The summed E-state index contributed by atoms with van der Waals surface area (Å²) in [6, 6.07) is 3.71. The van der Waals surface area contributed by atoms with Gasteiger partial charge in [-0.25, -0.2) is 14.3 Å². The average molecular weight is 409 g/mol. The number of primary amides is 1. The van der Waals surface area contributed by atoms with Crippen LogP contribution in [0.3, 0.4) is 0 Å². The fourth-order valence-electron chi connectivity index (χ4n) is 2.67. The monoisotopic (exact) mass is 409 g/mol. The lowest BCUT2D eigenvalue weighted by molar-refractivity contribution is -0.149. The Labute approximate surface area is 165 Å². The molecule has 3 amide bonds. The van der Waals surface area contributed by atoms with Crippen LogP contribution in [-0.4, -0.2) is 46.1 Å². The van der Waals surface area contributed by atoms with E-state index in [2.05, 4.69) is 11.8 Å². The number of halogens is 2. The van der Waals surface area contributed by atoms with Gasteiger partial charge in [-0.3, -0.25) is 19.6 Å². The van der Waals surface area contributed by atoms with Gasteiger partial charge in [0, 0.05) is 23.5 Å². The largest absolute Gasteiger partial charge is 0.381 e. The fourth-order valence-corrected chi connectivity index (χ4v) is 2.67. The smallest absolute Gasteiger partial charge is 0.269 e. The van der Waals surface area contributed by atoms with Gasteiger partial charge in [0.25, 0.3) is 18.2 Å². The van der Waals surface area contributed by atoms with E-state index in [1.54, 1.807) is 0 Å². The minimum absolute atomic E-state index is 0.0365. The van der Waals surface area contributed by atoms with Gasteiger partial charge in [-0.15, -0.1) is 0 Å². The van der Waals surface area contributed by atoms with Crippen molar-refractivity contribution in [2.75, 3.05) is 0 Å². The molecule has 0 radical (unpaired) electrons. The van der Waals surface area contributed by atoms with Crippen LogP contribution in [0, 0.1) is 23.7 Å². The molecule has 1 saturated carbocycles. The predicted molar refractivity (Wildman–Crippen MR) is 96.5 cm³/mol. The van der Waals surface area contributed by atoms with Crippen molar-refractivity contribution < 1.29 is 33.5 Å². The Kier molecular flexibility index (Phi) is 6.89. The van der Waals surface area contributed by atoms with Crippen molar-refractivity contribution in [3.8, 4) is 11.8 Å². The van der Waals surface area contributed by atoms with E-state index >= 15 is 0 Å². The summed E-state index contributed by atoms with van der Waals surface area (Å²) in [7, 11) is 0. The highest BCUT2D eigenvalue weighted by Gasteiger charge is 2.46. The fraction of sp³-hybridized carbons (Fsp3) is 0.421. The summed E-state index contributed by atoms with van der Waals surface area (Å²) in [4.78, 5) is 34.7. The Hall–Kier alpha value is -3.03. The first-order valence-corrected chi connectivity index (χ1v) is 8.71. The van der Waals surface area contributed by atoms with Crippen LogP contribution in [0.15, 0.2) is 24.3 Å². The zero-order valence-corrected chi connectivity index (χ0v) is 15.5. The molecule has 0 aliphatic heterocycles. The molecule has 8 nitrogen and oxygen atoms in total. The number of aliphatic hydroxyl groups is 1. The van der Waals surface area contributed by atoms with Crippen LogP contribution in [0.2, 0.25) is 0 Å². The van der Waals surface area contributed by atoms with Gasteiger partial charge in [0.15, 0.2) is 5.60 Å². The van der Waals surface area contributed by atoms with E-state index in [-0.39, 0.29) is 23.3 Å². The molecule has 1 aromatic rings. The first-order valence-electron chi connectivity index (χ1n) is 8.71. The van der Waals surface area contributed by atoms with Gasteiger partial charge in [0.05, 0.1) is 0 Å². The van der Waals surface area contributed by atoms with Crippen LogP contribution in [-0.2, 0) is 9.59 Å².